The second-order valence-electron chi connectivity index (χ2n) is 4.04. The summed E-state index contributed by atoms with van der Waals surface area (Å²) in [5, 5.41) is 0. The molecule has 1 aromatic heterocycles. The van der Waals surface area contributed by atoms with Crippen molar-refractivity contribution >= 4 is 5.82 Å². The van der Waals surface area contributed by atoms with Crippen molar-refractivity contribution in [1.82, 2.24) is 9.97 Å². The maximum absolute atomic E-state index is 6.09. The van der Waals surface area contributed by atoms with Gasteiger partial charge in [-0.05, 0) is 13.3 Å². The van der Waals surface area contributed by atoms with E-state index in [1.54, 1.807) is 12.4 Å². The van der Waals surface area contributed by atoms with Crippen LogP contribution in [0.3, 0.4) is 0 Å². The molecule has 1 aliphatic heterocycles. The SMILES string of the molecule is CCC1(N)CN(c2nccnc2C)C1. The summed E-state index contributed by atoms with van der Waals surface area (Å²) < 4.78 is 0. The van der Waals surface area contributed by atoms with E-state index in [1.807, 2.05) is 6.92 Å². The molecule has 76 valence electrons. The second kappa shape index (κ2) is 3.20. The molecule has 0 atom stereocenters. The molecule has 0 aromatic carbocycles. The van der Waals surface area contributed by atoms with Crippen LogP contribution < -0.4 is 10.6 Å². The average Bonchev–Trinajstić information content (AvgIpc) is 2.14. The van der Waals surface area contributed by atoms with Crippen molar-refractivity contribution in [3.63, 3.8) is 0 Å². The quantitative estimate of drug-likeness (QED) is 0.750. The van der Waals surface area contributed by atoms with E-state index in [2.05, 4.69) is 21.8 Å². The Bertz CT molecular complexity index is 331. The number of hydrogen-bond acceptors (Lipinski definition) is 4. The minimum Gasteiger partial charge on any atom is -0.351 e. The predicted molar refractivity (Wildman–Crippen MR) is 56.2 cm³/mol. The summed E-state index contributed by atoms with van der Waals surface area (Å²) in [4.78, 5) is 10.7. The van der Waals surface area contributed by atoms with Crippen LogP contribution in [0.4, 0.5) is 5.82 Å². The lowest BCUT2D eigenvalue weighted by atomic mass is 9.88. The van der Waals surface area contributed by atoms with Gasteiger partial charge in [-0.3, -0.25) is 4.98 Å². The Morgan fingerprint density at radius 3 is 2.64 bits per heavy atom. The smallest absolute Gasteiger partial charge is 0.150 e. The summed E-state index contributed by atoms with van der Waals surface area (Å²) in [5.41, 5.74) is 7.06. The van der Waals surface area contributed by atoms with Gasteiger partial charge < -0.3 is 10.6 Å². The molecule has 2 rings (SSSR count). The van der Waals surface area contributed by atoms with Gasteiger partial charge in [0.05, 0.1) is 11.2 Å². The number of anilines is 1. The van der Waals surface area contributed by atoms with Gasteiger partial charge in [0.25, 0.3) is 0 Å². The molecule has 1 fully saturated rings. The van der Waals surface area contributed by atoms with Crippen LogP contribution in [0.1, 0.15) is 19.0 Å². The molecule has 4 nitrogen and oxygen atoms in total. The first-order valence-electron chi connectivity index (χ1n) is 4.96. The second-order valence-corrected chi connectivity index (χ2v) is 4.04. The van der Waals surface area contributed by atoms with Crippen LogP contribution in [0.2, 0.25) is 0 Å². The fourth-order valence-corrected chi connectivity index (χ4v) is 1.80. The predicted octanol–water partition coefficient (Wildman–Crippen LogP) is 0.713. The number of rotatable bonds is 2. The van der Waals surface area contributed by atoms with Gasteiger partial charge >= 0.3 is 0 Å². The number of aryl methyl sites for hydroxylation is 1. The highest BCUT2D eigenvalue weighted by Gasteiger charge is 2.38. The van der Waals surface area contributed by atoms with Gasteiger partial charge in [0.2, 0.25) is 0 Å². The molecule has 1 saturated heterocycles. The third kappa shape index (κ3) is 1.46. The van der Waals surface area contributed by atoms with Gasteiger partial charge in [0.15, 0.2) is 0 Å². The first-order valence-corrected chi connectivity index (χ1v) is 4.96. The molecule has 0 saturated carbocycles. The van der Waals surface area contributed by atoms with E-state index in [9.17, 15) is 0 Å². The molecule has 0 spiro atoms. The summed E-state index contributed by atoms with van der Waals surface area (Å²) in [6.07, 6.45) is 4.46. The van der Waals surface area contributed by atoms with Gasteiger partial charge in [-0.25, -0.2) is 4.98 Å². The normalized spacial score (nSPS) is 19.2. The van der Waals surface area contributed by atoms with Crippen molar-refractivity contribution < 1.29 is 0 Å². The van der Waals surface area contributed by atoms with Crippen LogP contribution in [-0.4, -0.2) is 28.6 Å². The van der Waals surface area contributed by atoms with Gasteiger partial charge in [0.1, 0.15) is 5.82 Å². The highest BCUT2D eigenvalue weighted by Crippen LogP contribution is 2.27. The molecule has 2 heterocycles. The van der Waals surface area contributed by atoms with Crippen molar-refractivity contribution in [3.05, 3.63) is 18.1 Å². The van der Waals surface area contributed by atoms with Gasteiger partial charge in [-0.1, -0.05) is 6.92 Å². The molecule has 0 aliphatic carbocycles. The van der Waals surface area contributed by atoms with Crippen LogP contribution >= 0.6 is 0 Å². The molecular formula is C10H16N4. The Morgan fingerprint density at radius 1 is 1.43 bits per heavy atom. The van der Waals surface area contributed by atoms with Gasteiger partial charge in [-0.2, -0.15) is 0 Å². The number of hydrogen-bond donors (Lipinski definition) is 1. The van der Waals surface area contributed by atoms with E-state index in [1.165, 1.54) is 0 Å². The maximum atomic E-state index is 6.09. The van der Waals surface area contributed by atoms with Crippen molar-refractivity contribution in [1.29, 1.82) is 0 Å². The third-order valence-corrected chi connectivity index (χ3v) is 2.87. The van der Waals surface area contributed by atoms with Gasteiger partial charge in [0, 0.05) is 25.5 Å². The molecule has 0 bridgehead atoms. The molecule has 0 amide bonds. The highest BCUT2D eigenvalue weighted by atomic mass is 15.3. The zero-order valence-corrected chi connectivity index (χ0v) is 8.70. The molecule has 14 heavy (non-hydrogen) atoms. The minimum atomic E-state index is -0.00996. The lowest BCUT2D eigenvalue weighted by molar-refractivity contribution is 0.319. The van der Waals surface area contributed by atoms with E-state index in [-0.39, 0.29) is 5.54 Å². The minimum absolute atomic E-state index is 0.00996. The zero-order chi connectivity index (χ0) is 10.2. The zero-order valence-electron chi connectivity index (χ0n) is 8.70. The van der Waals surface area contributed by atoms with Crippen LogP contribution in [0.25, 0.3) is 0 Å². The summed E-state index contributed by atoms with van der Waals surface area (Å²) in [5.74, 6) is 0.974. The van der Waals surface area contributed by atoms with E-state index < -0.39 is 0 Å². The Kier molecular flexibility index (Phi) is 2.15. The molecule has 0 unspecified atom stereocenters. The molecule has 2 N–H and O–H groups in total. The molecular weight excluding hydrogens is 176 g/mol. The fraction of sp³-hybridized carbons (Fsp3) is 0.600. The van der Waals surface area contributed by atoms with E-state index in [4.69, 9.17) is 5.73 Å². The Labute approximate surface area is 84.2 Å². The monoisotopic (exact) mass is 192 g/mol. The van der Waals surface area contributed by atoms with Crippen LogP contribution in [0.15, 0.2) is 12.4 Å². The van der Waals surface area contributed by atoms with Crippen molar-refractivity contribution in [2.75, 3.05) is 18.0 Å². The lowest BCUT2D eigenvalue weighted by Crippen LogP contribution is -2.67. The van der Waals surface area contributed by atoms with Crippen LogP contribution in [0.5, 0.6) is 0 Å². The molecule has 1 aliphatic rings. The average molecular weight is 192 g/mol. The Morgan fingerprint density at radius 2 is 2.07 bits per heavy atom. The first-order chi connectivity index (χ1) is 6.64. The summed E-state index contributed by atoms with van der Waals surface area (Å²) in [6, 6.07) is 0. The van der Waals surface area contributed by atoms with Crippen molar-refractivity contribution in [2.45, 2.75) is 25.8 Å². The summed E-state index contributed by atoms with van der Waals surface area (Å²) >= 11 is 0. The van der Waals surface area contributed by atoms with Crippen molar-refractivity contribution in [2.24, 2.45) is 5.73 Å². The van der Waals surface area contributed by atoms with Crippen LogP contribution in [-0.2, 0) is 0 Å². The lowest BCUT2D eigenvalue weighted by Gasteiger charge is -2.48. The Hall–Kier alpha value is -1.16. The van der Waals surface area contributed by atoms with E-state index in [0.29, 0.717) is 0 Å². The molecule has 4 heteroatoms. The van der Waals surface area contributed by atoms with Crippen LogP contribution in [0, 0.1) is 6.92 Å². The molecule has 0 radical (unpaired) electrons. The number of nitrogens with zero attached hydrogens (tertiary/aromatic N) is 3. The number of nitrogens with two attached hydrogens (primary N) is 1. The highest BCUT2D eigenvalue weighted by molar-refractivity contribution is 5.47. The topological polar surface area (TPSA) is 55.0 Å². The van der Waals surface area contributed by atoms with Gasteiger partial charge in [-0.15, -0.1) is 0 Å². The summed E-state index contributed by atoms with van der Waals surface area (Å²) in [7, 11) is 0. The standard InChI is InChI=1S/C10H16N4/c1-3-10(11)6-14(7-10)9-8(2)12-4-5-13-9/h4-5H,3,6-7,11H2,1-2H3. The fourth-order valence-electron chi connectivity index (χ4n) is 1.80. The largest absolute Gasteiger partial charge is 0.351 e. The third-order valence-electron chi connectivity index (χ3n) is 2.87. The van der Waals surface area contributed by atoms with E-state index in [0.717, 1.165) is 31.0 Å². The summed E-state index contributed by atoms with van der Waals surface area (Å²) in [6.45, 7) is 5.89. The maximum Gasteiger partial charge on any atom is 0.150 e. The first kappa shape index (κ1) is 9.40. The Balaban J connectivity index is 2.10. The molecule has 1 aromatic rings. The van der Waals surface area contributed by atoms with E-state index >= 15 is 0 Å². The van der Waals surface area contributed by atoms with Crippen molar-refractivity contribution in [3.8, 4) is 0 Å². The number of aromatic nitrogens is 2.